The van der Waals surface area contributed by atoms with Gasteiger partial charge in [-0.2, -0.15) is 0 Å². The van der Waals surface area contributed by atoms with Gasteiger partial charge in [0.2, 0.25) is 5.76 Å². The lowest BCUT2D eigenvalue weighted by atomic mass is 10.4. The van der Waals surface area contributed by atoms with Crippen LogP contribution in [0.25, 0.3) is 0 Å². The van der Waals surface area contributed by atoms with Crippen molar-refractivity contribution in [2.24, 2.45) is 0 Å². The van der Waals surface area contributed by atoms with Crippen LogP contribution in [-0.4, -0.2) is 49.3 Å². The Labute approximate surface area is 88.2 Å². The molecule has 0 spiro atoms. The lowest BCUT2D eigenvalue weighted by Crippen LogP contribution is -2.27. The number of aliphatic hydroxyl groups excluding tert-OH is 1. The van der Waals surface area contributed by atoms with Gasteiger partial charge < -0.3 is 19.2 Å². The number of furan rings is 1. The van der Waals surface area contributed by atoms with Gasteiger partial charge in [0.15, 0.2) is 0 Å². The van der Waals surface area contributed by atoms with Crippen LogP contribution in [0.4, 0.5) is 0 Å². The van der Waals surface area contributed by atoms with Crippen molar-refractivity contribution in [2.75, 3.05) is 33.4 Å². The van der Waals surface area contributed by atoms with Gasteiger partial charge in [-0.1, -0.05) is 0 Å². The third-order valence-corrected chi connectivity index (χ3v) is 1.91. The van der Waals surface area contributed by atoms with Gasteiger partial charge in [-0.05, 0) is 19.2 Å². The van der Waals surface area contributed by atoms with Gasteiger partial charge in [0.05, 0.1) is 12.9 Å². The molecule has 0 amide bonds. The molecule has 0 fully saturated rings. The third kappa shape index (κ3) is 4.14. The molecule has 0 atom stereocenters. The second kappa shape index (κ2) is 6.21. The Kier molecular flexibility index (Phi) is 4.86. The Morgan fingerprint density at radius 2 is 2.40 bits per heavy atom. The first-order valence-electron chi connectivity index (χ1n) is 4.74. The molecule has 0 saturated heterocycles. The molecule has 0 aromatic carbocycles. The van der Waals surface area contributed by atoms with E-state index >= 15 is 0 Å². The first kappa shape index (κ1) is 11.7. The van der Waals surface area contributed by atoms with Gasteiger partial charge in [0.1, 0.15) is 6.61 Å². The Balaban J connectivity index is 2.18. The minimum absolute atomic E-state index is 0.0998. The van der Waals surface area contributed by atoms with Gasteiger partial charge in [0, 0.05) is 13.1 Å². The number of rotatable bonds is 6. The molecule has 0 radical (unpaired) electrons. The number of hydrogen-bond acceptors (Lipinski definition) is 5. The first-order valence-corrected chi connectivity index (χ1v) is 4.74. The highest BCUT2D eigenvalue weighted by atomic mass is 16.5. The fourth-order valence-electron chi connectivity index (χ4n) is 1.04. The van der Waals surface area contributed by atoms with Crippen LogP contribution in [0, 0.1) is 0 Å². The molecule has 0 aliphatic carbocycles. The number of carbonyl (C=O) groups excluding carboxylic acids is 1. The van der Waals surface area contributed by atoms with Crippen molar-refractivity contribution in [1.82, 2.24) is 4.90 Å². The fraction of sp³-hybridized carbons (Fsp3) is 0.500. The Bertz CT molecular complexity index is 284. The van der Waals surface area contributed by atoms with E-state index in [4.69, 9.17) is 14.3 Å². The van der Waals surface area contributed by atoms with Crippen LogP contribution in [0.2, 0.25) is 0 Å². The predicted molar refractivity (Wildman–Crippen MR) is 53.6 cm³/mol. The summed E-state index contributed by atoms with van der Waals surface area (Å²) in [6.45, 7) is 1.55. The molecular formula is C10H15NO4. The number of esters is 1. The minimum atomic E-state index is -0.461. The van der Waals surface area contributed by atoms with Gasteiger partial charge in [-0.3, -0.25) is 0 Å². The summed E-state index contributed by atoms with van der Waals surface area (Å²) in [5.41, 5.74) is 0. The third-order valence-electron chi connectivity index (χ3n) is 1.91. The van der Waals surface area contributed by atoms with Gasteiger partial charge in [-0.25, -0.2) is 4.79 Å². The summed E-state index contributed by atoms with van der Waals surface area (Å²) in [6, 6.07) is 3.19. The summed E-state index contributed by atoms with van der Waals surface area (Å²) in [6.07, 6.45) is 1.43. The maximum Gasteiger partial charge on any atom is 0.374 e. The van der Waals surface area contributed by atoms with E-state index in [0.717, 1.165) is 0 Å². The normalized spacial score (nSPS) is 10.6. The molecule has 0 saturated carbocycles. The molecule has 1 rings (SSSR count). The zero-order valence-electron chi connectivity index (χ0n) is 8.68. The zero-order valence-corrected chi connectivity index (χ0v) is 8.68. The summed E-state index contributed by atoms with van der Waals surface area (Å²) in [7, 11) is 1.84. The van der Waals surface area contributed by atoms with Crippen LogP contribution < -0.4 is 0 Å². The molecule has 1 heterocycles. The predicted octanol–water partition coefficient (Wildman–Crippen LogP) is 0.360. The molecule has 15 heavy (non-hydrogen) atoms. The molecule has 0 aliphatic heterocycles. The van der Waals surface area contributed by atoms with Crippen molar-refractivity contribution < 1.29 is 19.1 Å². The SMILES string of the molecule is CN(CCO)CCOC(=O)c1ccco1. The van der Waals surface area contributed by atoms with E-state index < -0.39 is 5.97 Å². The Morgan fingerprint density at radius 3 is 3.00 bits per heavy atom. The molecule has 1 aromatic rings. The highest BCUT2D eigenvalue weighted by Gasteiger charge is 2.09. The number of hydrogen-bond donors (Lipinski definition) is 1. The standard InChI is InChI=1S/C10H15NO4/c1-11(4-6-12)5-8-15-10(13)9-3-2-7-14-9/h2-3,7,12H,4-6,8H2,1H3. The number of likely N-dealkylation sites (N-methyl/N-ethyl adjacent to an activating group) is 1. The Hall–Kier alpha value is -1.33. The van der Waals surface area contributed by atoms with Crippen LogP contribution in [0.3, 0.4) is 0 Å². The van der Waals surface area contributed by atoms with E-state index in [9.17, 15) is 4.79 Å². The summed E-state index contributed by atoms with van der Waals surface area (Å²) >= 11 is 0. The van der Waals surface area contributed by atoms with Crippen LogP contribution in [0.1, 0.15) is 10.6 Å². The largest absolute Gasteiger partial charge is 0.458 e. The highest BCUT2D eigenvalue weighted by Crippen LogP contribution is 2.01. The maximum absolute atomic E-state index is 11.3. The average molecular weight is 213 g/mol. The highest BCUT2D eigenvalue weighted by molar-refractivity contribution is 5.86. The maximum atomic E-state index is 11.3. The van der Waals surface area contributed by atoms with E-state index in [2.05, 4.69) is 0 Å². The molecule has 5 nitrogen and oxygen atoms in total. The molecule has 0 unspecified atom stereocenters. The van der Waals surface area contributed by atoms with E-state index in [1.54, 1.807) is 12.1 Å². The smallest absolute Gasteiger partial charge is 0.374 e. The topological polar surface area (TPSA) is 62.9 Å². The zero-order chi connectivity index (χ0) is 11.1. The quantitative estimate of drug-likeness (QED) is 0.691. The van der Waals surface area contributed by atoms with Crippen molar-refractivity contribution >= 4 is 5.97 Å². The molecule has 5 heteroatoms. The summed E-state index contributed by atoms with van der Waals surface area (Å²) in [5, 5.41) is 8.63. The average Bonchev–Trinajstić information content (AvgIpc) is 2.70. The van der Waals surface area contributed by atoms with Crippen LogP contribution in [0.15, 0.2) is 22.8 Å². The number of carbonyl (C=O) groups is 1. The lowest BCUT2D eigenvalue weighted by Gasteiger charge is -2.14. The summed E-state index contributed by atoms with van der Waals surface area (Å²) < 4.78 is 9.82. The summed E-state index contributed by atoms with van der Waals surface area (Å²) in [4.78, 5) is 13.1. The number of ether oxygens (including phenoxy) is 1. The van der Waals surface area contributed by atoms with Crippen molar-refractivity contribution in [3.8, 4) is 0 Å². The van der Waals surface area contributed by atoms with Crippen LogP contribution in [0.5, 0.6) is 0 Å². The second-order valence-electron chi connectivity index (χ2n) is 3.14. The lowest BCUT2D eigenvalue weighted by molar-refractivity contribution is 0.0432. The van der Waals surface area contributed by atoms with E-state index in [0.29, 0.717) is 13.1 Å². The molecular weight excluding hydrogens is 198 g/mol. The first-order chi connectivity index (χ1) is 7.24. The van der Waals surface area contributed by atoms with Crippen molar-refractivity contribution in [1.29, 1.82) is 0 Å². The van der Waals surface area contributed by atoms with Crippen LogP contribution in [-0.2, 0) is 4.74 Å². The Morgan fingerprint density at radius 1 is 1.60 bits per heavy atom. The molecule has 1 aromatic heterocycles. The second-order valence-corrected chi connectivity index (χ2v) is 3.14. The minimum Gasteiger partial charge on any atom is -0.458 e. The molecule has 84 valence electrons. The van der Waals surface area contributed by atoms with Gasteiger partial charge >= 0.3 is 5.97 Å². The van der Waals surface area contributed by atoms with E-state index in [1.165, 1.54) is 6.26 Å². The van der Waals surface area contributed by atoms with E-state index in [-0.39, 0.29) is 19.0 Å². The molecule has 0 bridgehead atoms. The van der Waals surface area contributed by atoms with Gasteiger partial charge in [-0.15, -0.1) is 0 Å². The van der Waals surface area contributed by atoms with Gasteiger partial charge in [0.25, 0.3) is 0 Å². The number of aliphatic hydroxyl groups is 1. The van der Waals surface area contributed by atoms with Crippen LogP contribution >= 0.6 is 0 Å². The monoisotopic (exact) mass is 213 g/mol. The van der Waals surface area contributed by atoms with Crippen molar-refractivity contribution in [3.63, 3.8) is 0 Å². The fourth-order valence-corrected chi connectivity index (χ4v) is 1.04. The molecule has 1 N–H and O–H groups in total. The van der Waals surface area contributed by atoms with Crippen molar-refractivity contribution in [3.05, 3.63) is 24.2 Å². The molecule has 0 aliphatic rings. The van der Waals surface area contributed by atoms with E-state index in [1.807, 2.05) is 11.9 Å². The number of nitrogens with zero attached hydrogens (tertiary/aromatic N) is 1. The summed E-state index contributed by atoms with van der Waals surface area (Å²) in [5.74, 6) is -0.253. The van der Waals surface area contributed by atoms with Crippen molar-refractivity contribution in [2.45, 2.75) is 0 Å².